The molecular weight excluding hydrogens is 316 g/mol. The standard InChI is InChI=1S/C16H16N2O2S2/c1-4-12-9(2)22-14-13(12)15(19)18(16(21)17-14)10-5-7-11(20-3)8-6-10/h5-8H,4H2,1-3H3,(H,17,21). The van der Waals surface area contributed by atoms with Gasteiger partial charge in [-0.3, -0.25) is 9.36 Å². The van der Waals surface area contributed by atoms with Crippen molar-refractivity contribution < 1.29 is 4.74 Å². The van der Waals surface area contributed by atoms with Gasteiger partial charge in [-0.1, -0.05) is 6.92 Å². The number of H-pyrrole nitrogens is 1. The van der Waals surface area contributed by atoms with Crippen LogP contribution >= 0.6 is 23.6 Å². The Balaban J connectivity index is 2.34. The smallest absolute Gasteiger partial charge is 0.267 e. The van der Waals surface area contributed by atoms with Gasteiger partial charge >= 0.3 is 0 Å². The van der Waals surface area contributed by atoms with E-state index in [0.29, 0.717) is 4.77 Å². The summed E-state index contributed by atoms with van der Waals surface area (Å²) >= 11 is 6.97. The molecule has 0 amide bonds. The largest absolute Gasteiger partial charge is 0.497 e. The number of rotatable bonds is 3. The van der Waals surface area contributed by atoms with Gasteiger partial charge in [0.15, 0.2) is 4.77 Å². The number of aromatic nitrogens is 2. The SMILES string of the molecule is CCc1c(C)sc2[nH]c(=S)n(-c3ccc(OC)cc3)c(=O)c12. The fourth-order valence-corrected chi connectivity index (χ4v) is 4.13. The summed E-state index contributed by atoms with van der Waals surface area (Å²) in [5.41, 5.74) is 1.77. The van der Waals surface area contributed by atoms with Crippen LogP contribution in [-0.2, 0) is 6.42 Å². The van der Waals surface area contributed by atoms with E-state index in [1.807, 2.05) is 31.2 Å². The first-order valence-electron chi connectivity index (χ1n) is 6.98. The molecule has 0 saturated carbocycles. The van der Waals surface area contributed by atoms with Crippen LogP contribution < -0.4 is 10.3 Å². The van der Waals surface area contributed by atoms with E-state index in [1.54, 1.807) is 23.0 Å². The maximum absolute atomic E-state index is 12.9. The third kappa shape index (κ3) is 2.28. The highest BCUT2D eigenvalue weighted by Crippen LogP contribution is 2.27. The molecule has 4 nitrogen and oxygen atoms in total. The number of aromatic amines is 1. The van der Waals surface area contributed by atoms with Crippen LogP contribution in [0.15, 0.2) is 29.1 Å². The Kier molecular flexibility index (Phi) is 3.88. The van der Waals surface area contributed by atoms with Crippen molar-refractivity contribution in [2.24, 2.45) is 0 Å². The summed E-state index contributed by atoms with van der Waals surface area (Å²) in [7, 11) is 1.61. The van der Waals surface area contributed by atoms with Crippen molar-refractivity contribution in [1.29, 1.82) is 0 Å². The van der Waals surface area contributed by atoms with Crippen molar-refractivity contribution in [3.05, 3.63) is 49.8 Å². The van der Waals surface area contributed by atoms with Gasteiger partial charge in [0.2, 0.25) is 0 Å². The highest BCUT2D eigenvalue weighted by molar-refractivity contribution is 7.71. The van der Waals surface area contributed by atoms with Crippen molar-refractivity contribution >= 4 is 33.8 Å². The first kappa shape index (κ1) is 15.0. The third-order valence-corrected chi connectivity index (χ3v) is 5.08. The van der Waals surface area contributed by atoms with Gasteiger partial charge < -0.3 is 9.72 Å². The zero-order valence-corrected chi connectivity index (χ0v) is 14.2. The van der Waals surface area contributed by atoms with Gasteiger partial charge in [0, 0.05) is 4.88 Å². The molecule has 6 heteroatoms. The number of aryl methyl sites for hydroxylation is 2. The summed E-state index contributed by atoms with van der Waals surface area (Å²) in [6, 6.07) is 7.31. The molecule has 114 valence electrons. The van der Waals surface area contributed by atoms with Crippen LogP contribution in [0.3, 0.4) is 0 Å². The molecule has 0 spiro atoms. The molecule has 0 unspecified atom stereocenters. The number of thiophene rings is 1. The maximum Gasteiger partial charge on any atom is 0.267 e. The first-order chi connectivity index (χ1) is 10.6. The van der Waals surface area contributed by atoms with Gasteiger partial charge in [0.1, 0.15) is 10.6 Å². The van der Waals surface area contributed by atoms with E-state index >= 15 is 0 Å². The first-order valence-corrected chi connectivity index (χ1v) is 8.21. The van der Waals surface area contributed by atoms with Crippen molar-refractivity contribution in [2.75, 3.05) is 7.11 Å². The normalized spacial score (nSPS) is 11.0. The molecular formula is C16H16N2O2S2. The van der Waals surface area contributed by atoms with E-state index in [4.69, 9.17) is 17.0 Å². The minimum Gasteiger partial charge on any atom is -0.497 e. The Morgan fingerprint density at radius 1 is 1.32 bits per heavy atom. The van der Waals surface area contributed by atoms with E-state index in [9.17, 15) is 4.79 Å². The van der Waals surface area contributed by atoms with Gasteiger partial charge in [-0.2, -0.15) is 0 Å². The highest BCUT2D eigenvalue weighted by Gasteiger charge is 2.15. The average Bonchev–Trinajstić information content (AvgIpc) is 2.83. The van der Waals surface area contributed by atoms with Crippen LogP contribution in [0.25, 0.3) is 15.9 Å². The predicted octanol–water partition coefficient (Wildman–Crippen LogP) is 3.99. The fourth-order valence-electron chi connectivity index (χ4n) is 2.64. The van der Waals surface area contributed by atoms with Crippen LogP contribution in [0.1, 0.15) is 17.4 Å². The Hall–Kier alpha value is -1.92. The summed E-state index contributed by atoms with van der Waals surface area (Å²) in [6.07, 6.45) is 0.828. The second kappa shape index (κ2) is 5.70. The summed E-state index contributed by atoms with van der Waals surface area (Å²) in [4.78, 5) is 18.2. The van der Waals surface area contributed by atoms with Gasteiger partial charge in [-0.15, -0.1) is 11.3 Å². The lowest BCUT2D eigenvalue weighted by molar-refractivity contribution is 0.414. The van der Waals surface area contributed by atoms with Gasteiger partial charge in [-0.25, -0.2) is 0 Å². The lowest BCUT2D eigenvalue weighted by Gasteiger charge is -2.08. The van der Waals surface area contributed by atoms with Gasteiger partial charge in [0.05, 0.1) is 18.2 Å². The molecule has 3 aromatic rings. The number of nitrogens with one attached hydrogen (secondary N) is 1. The van der Waals surface area contributed by atoms with Crippen molar-refractivity contribution in [1.82, 2.24) is 9.55 Å². The molecule has 0 aliphatic carbocycles. The number of methoxy groups -OCH3 is 1. The molecule has 0 aliphatic rings. The number of hydrogen-bond acceptors (Lipinski definition) is 4. The number of ether oxygens (including phenoxy) is 1. The molecule has 1 N–H and O–H groups in total. The lowest BCUT2D eigenvalue weighted by Crippen LogP contribution is -2.20. The summed E-state index contributed by atoms with van der Waals surface area (Å²) < 4.78 is 7.11. The van der Waals surface area contributed by atoms with Gasteiger partial charge in [-0.05, 0) is 55.4 Å². The maximum atomic E-state index is 12.9. The molecule has 0 aliphatic heterocycles. The second-order valence-electron chi connectivity index (χ2n) is 4.96. The molecule has 0 fully saturated rings. The van der Waals surface area contributed by atoms with E-state index in [1.165, 1.54) is 0 Å². The molecule has 22 heavy (non-hydrogen) atoms. The van der Waals surface area contributed by atoms with E-state index in [-0.39, 0.29) is 5.56 Å². The molecule has 0 bridgehead atoms. The minimum absolute atomic E-state index is 0.0647. The van der Waals surface area contributed by atoms with Crippen LogP contribution in [0, 0.1) is 11.7 Å². The molecule has 3 rings (SSSR count). The minimum atomic E-state index is -0.0647. The second-order valence-corrected chi connectivity index (χ2v) is 6.57. The number of benzene rings is 1. The van der Waals surface area contributed by atoms with Crippen LogP contribution in [0.2, 0.25) is 0 Å². The number of nitrogens with zero attached hydrogens (tertiary/aromatic N) is 1. The zero-order chi connectivity index (χ0) is 15.9. The quantitative estimate of drug-likeness (QED) is 0.738. The van der Waals surface area contributed by atoms with Gasteiger partial charge in [0.25, 0.3) is 5.56 Å². The average molecular weight is 332 g/mol. The number of fused-ring (bicyclic) bond motifs is 1. The Labute approximate surface area is 137 Å². The van der Waals surface area contributed by atoms with Crippen LogP contribution in [-0.4, -0.2) is 16.7 Å². The Morgan fingerprint density at radius 3 is 2.59 bits per heavy atom. The third-order valence-electron chi connectivity index (χ3n) is 3.73. The molecule has 2 heterocycles. The fraction of sp³-hybridized carbons (Fsp3) is 0.250. The molecule has 0 saturated heterocycles. The van der Waals surface area contributed by atoms with Crippen molar-refractivity contribution in [2.45, 2.75) is 20.3 Å². The molecule has 2 aromatic heterocycles. The Morgan fingerprint density at radius 2 is 2.00 bits per heavy atom. The summed E-state index contributed by atoms with van der Waals surface area (Å²) in [5, 5.41) is 0.745. The predicted molar refractivity (Wildman–Crippen MR) is 93.3 cm³/mol. The van der Waals surface area contributed by atoms with E-state index in [2.05, 4.69) is 11.9 Å². The topological polar surface area (TPSA) is 47.0 Å². The lowest BCUT2D eigenvalue weighted by atomic mass is 10.1. The van der Waals surface area contributed by atoms with Crippen LogP contribution in [0.5, 0.6) is 5.75 Å². The molecule has 0 atom stereocenters. The number of hydrogen-bond donors (Lipinski definition) is 1. The summed E-state index contributed by atoms with van der Waals surface area (Å²) in [5.74, 6) is 0.744. The van der Waals surface area contributed by atoms with Crippen molar-refractivity contribution in [3.63, 3.8) is 0 Å². The zero-order valence-electron chi connectivity index (χ0n) is 12.6. The van der Waals surface area contributed by atoms with E-state index in [0.717, 1.165) is 38.5 Å². The summed E-state index contributed by atoms with van der Waals surface area (Å²) in [6.45, 7) is 4.10. The van der Waals surface area contributed by atoms with Crippen molar-refractivity contribution in [3.8, 4) is 11.4 Å². The molecule has 1 aromatic carbocycles. The van der Waals surface area contributed by atoms with Crippen LogP contribution in [0.4, 0.5) is 0 Å². The molecule has 0 radical (unpaired) electrons. The van der Waals surface area contributed by atoms with E-state index < -0.39 is 0 Å². The Bertz CT molecular complexity index is 949. The monoisotopic (exact) mass is 332 g/mol. The highest BCUT2D eigenvalue weighted by atomic mass is 32.1.